The molecule has 3 rings (SSSR count). The van der Waals surface area contributed by atoms with Crippen LogP contribution in [0.4, 0.5) is 5.69 Å². The van der Waals surface area contributed by atoms with Crippen LogP contribution in [0.2, 0.25) is 0 Å². The Balaban J connectivity index is 2.01. The summed E-state index contributed by atoms with van der Waals surface area (Å²) in [7, 11) is -4.40. The van der Waals surface area contributed by atoms with Crippen molar-refractivity contribution < 1.29 is 17.5 Å². The van der Waals surface area contributed by atoms with Crippen LogP contribution in [0.5, 0.6) is 5.75 Å². The Labute approximate surface area is 148 Å². The van der Waals surface area contributed by atoms with Gasteiger partial charge in [0, 0.05) is 11.5 Å². The van der Waals surface area contributed by atoms with Crippen LogP contribution in [0.15, 0.2) is 53.4 Å². The normalized spacial score (nSPS) is 11.1. The molecule has 0 N–H and O–H groups in total. The molecule has 9 heteroatoms. The average molecular weight is 369 g/mol. The molecule has 0 aliphatic rings. The summed E-state index contributed by atoms with van der Waals surface area (Å²) in [6.45, 7) is 1.62. The van der Waals surface area contributed by atoms with E-state index in [1.54, 1.807) is 13.0 Å². The lowest BCUT2D eigenvalue weighted by atomic mass is 10.2. The summed E-state index contributed by atoms with van der Waals surface area (Å²) >= 11 is 0. The third-order valence-corrected chi connectivity index (χ3v) is 4.86. The minimum absolute atomic E-state index is 0.0149. The number of nitrogens with zero attached hydrogens (tertiary/aromatic N) is 3. The molecule has 26 heavy (non-hydrogen) atoms. The molecule has 0 atom stereocenters. The van der Waals surface area contributed by atoms with E-state index in [0.29, 0.717) is 16.5 Å². The molecule has 0 fully saturated rings. The molecule has 0 radical (unpaired) electrons. The molecule has 0 aliphatic carbocycles. The van der Waals surface area contributed by atoms with Crippen LogP contribution in [0.1, 0.15) is 11.3 Å². The van der Waals surface area contributed by atoms with E-state index in [9.17, 15) is 18.5 Å². The van der Waals surface area contributed by atoms with Gasteiger partial charge in [0.2, 0.25) is 0 Å². The van der Waals surface area contributed by atoms with Crippen LogP contribution in [-0.4, -0.2) is 18.3 Å². The molecule has 0 amide bonds. The Morgan fingerprint density at radius 2 is 1.92 bits per heavy atom. The number of rotatable bonds is 4. The van der Waals surface area contributed by atoms with Gasteiger partial charge in [0.1, 0.15) is 17.5 Å². The first kappa shape index (κ1) is 17.3. The highest BCUT2D eigenvalue weighted by Crippen LogP contribution is 2.29. The fourth-order valence-electron chi connectivity index (χ4n) is 2.37. The molecule has 0 saturated heterocycles. The summed E-state index contributed by atoms with van der Waals surface area (Å²) in [4.78, 5) is 14.0. The van der Waals surface area contributed by atoms with Crippen molar-refractivity contribution in [3.8, 4) is 11.8 Å². The molecular formula is C17H11N3O5S. The summed E-state index contributed by atoms with van der Waals surface area (Å²) in [5.41, 5.74) is 0.732. The van der Waals surface area contributed by atoms with Crippen LogP contribution >= 0.6 is 0 Å². The first-order valence-corrected chi connectivity index (χ1v) is 8.71. The highest BCUT2D eigenvalue weighted by molar-refractivity contribution is 7.87. The van der Waals surface area contributed by atoms with Gasteiger partial charge in [-0.05, 0) is 48.9 Å². The van der Waals surface area contributed by atoms with Crippen molar-refractivity contribution in [2.24, 2.45) is 0 Å². The van der Waals surface area contributed by atoms with Gasteiger partial charge in [0.15, 0.2) is 4.90 Å². The number of aromatic nitrogens is 1. The number of hydrogen-bond donors (Lipinski definition) is 0. The standard InChI is InChI=1S/C17H11N3O5S/c1-11-2-7-17(16(8-11)20(21)22)26(23,24)25-14-5-6-15-12(9-14)3-4-13(10-18)19-15/h2-9H,1H3. The molecule has 3 aromatic rings. The summed E-state index contributed by atoms with van der Waals surface area (Å²) in [5.74, 6) is -0.0149. The van der Waals surface area contributed by atoms with Gasteiger partial charge in [0.25, 0.3) is 5.69 Å². The van der Waals surface area contributed by atoms with E-state index in [1.807, 2.05) is 6.07 Å². The number of hydrogen-bond acceptors (Lipinski definition) is 7. The molecule has 0 saturated carbocycles. The first-order valence-electron chi connectivity index (χ1n) is 7.30. The zero-order valence-electron chi connectivity index (χ0n) is 13.4. The monoisotopic (exact) mass is 369 g/mol. The number of fused-ring (bicyclic) bond motifs is 1. The smallest absolute Gasteiger partial charge is 0.346 e. The second-order valence-electron chi connectivity index (χ2n) is 5.43. The molecule has 8 nitrogen and oxygen atoms in total. The highest BCUT2D eigenvalue weighted by Gasteiger charge is 2.27. The predicted molar refractivity (Wildman–Crippen MR) is 92.1 cm³/mol. The number of benzene rings is 2. The molecule has 1 heterocycles. The summed E-state index contributed by atoms with van der Waals surface area (Å²) in [6.07, 6.45) is 0. The second-order valence-corrected chi connectivity index (χ2v) is 6.94. The fraction of sp³-hybridized carbons (Fsp3) is 0.0588. The lowest BCUT2D eigenvalue weighted by Gasteiger charge is -2.09. The van der Waals surface area contributed by atoms with E-state index in [0.717, 1.165) is 6.07 Å². The van der Waals surface area contributed by atoms with Crippen molar-refractivity contribution in [2.75, 3.05) is 0 Å². The number of nitro groups is 1. The van der Waals surface area contributed by atoms with E-state index in [4.69, 9.17) is 9.44 Å². The molecule has 0 unspecified atom stereocenters. The Hall–Kier alpha value is -3.51. The lowest BCUT2D eigenvalue weighted by Crippen LogP contribution is -2.12. The number of pyridine rings is 1. The van der Waals surface area contributed by atoms with Gasteiger partial charge in [-0.25, -0.2) is 4.98 Å². The van der Waals surface area contributed by atoms with E-state index >= 15 is 0 Å². The van der Waals surface area contributed by atoms with E-state index in [-0.39, 0.29) is 11.4 Å². The van der Waals surface area contributed by atoms with Gasteiger partial charge in [-0.3, -0.25) is 10.1 Å². The SMILES string of the molecule is Cc1ccc(S(=O)(=O)Oc2ccc3nc(C#N)ccc3c2)c([N+](=O)[O-])c1. The zero-order chi connectivity index (χ0) is 18.9. The van der Waals surface area contributed by atoms with E-state index in [1.165, 1.54) is 36.4 Å². The van der Waals surface area contributed by atoms with Gasteiger partial charge in [-0.2, -0.15) is 13.7 Å². The summed E-state index contributed by atoms with van der Waals surface area (Å²) in [5, 5.41) is 20.6. The van der Waals surface area contributed by atoms with Crippen LogP contribution in [0.25, 0.3) is 10.9 Å². The molecule has 0 aliphatic heterocycles. The molecule has 130 valence electrons. The summed E-state index contributed by atoms with van der Waals surface area (Å²) < 4.78 is 30.0. The highest BCUT2D eigenvalue weighted by atomic mass is 32.2. The van der Waals surface area contributed by atoms with E-state index in [2.05, 4.69) is 4.98 Å². The van der Waals surface area contributed by atoms with Gasteiger partial charge >= 0.3 is 10.1 Å². The maximum Gasteiger partial charge on any atom is 0.346 e. The van der Waals surface area contributed by atoms with Crippen molar-refractivity contribution in [2.45, 2.75) is 11.8 Å². The predicted octanol–water partition coefficient (Wildman–Crippen LogP) is 3.09. The van der Waals surface area contributed by atoms with Crippen LogP contribution < -0.4 is 4.18 Å². The van der Waals surface area contributed by atoms with E-state index < -0.39 is 25.6 Å². The van der Waals surface area contributed by atoms with Crippen molar-refractivity contribution in [3.05, 3.63) is 69.9 Å². The third kappa shape index (κ3) is 3.31. The lowest BCUT2D eigenvalue weighted by molar-refractivity contribution is -0.387. The number of nitriles is 1. The minimum atomic E-state index is -4.40. The fourth-order valence-corrected chi connectivity index (χ4v) is 3.44. The van der Waals surface area contributed by atoms with Crippen LogP contribution in [-0.2, 0) is 10.1 Å². The maximum absolute atomic E-state index is 12.5. The number of aryl methyl sites for hydroxylation is 1. The second kappa shape index (κ2) is 6.42. The first-order chi connectivity index (χ1) is 12.3. The molecular weight excluding hydrogens is 358 g/mol. The van der Waals surface area contributed by atoms with Gasteiger partial charge < -0.3 is 4.18 Å². The Morgan fingerprint density at radius 1 is 1.15 bits per heavy atom. The van der Waals surface area contributed by atoms with Gasteiger partial charge in [-0.15, -0.1) is 0 Å². The minimum Gasteiger partial charge on any atom is -0.379 e. The quantitative estimate of drug-likeness (QED) is 0.393. The molecule has 2 aromatic carbocycles. The topological polar surface area (TPSA) is 123 Å². The molecule has 0 bridgehead atoms. The van der Waals surface area contributed by atoms with Crippen molar-refractivity contribution >= 4 is 26.7 Å². The Kier molecular flexibility index (Phi) is 4.28. The van der Waals surface area contributed by atoms with Crippen molar-refractivity contribution in [1.82, 2.24) is 4.98 Å². The molecule has 1 aromatic heterocycles. The van der Waals surface area contributed by atoms with Crippen LogP contribution in [0, 0.1) is 28.4 Å². The molecule has 0 spiro atoms. The van der Waals surface area contributed by atoms with Gasteiger partial charge in [0.05, 0.1) is 10.4 Å². The Bertz CT molecular complexity index is 1180. The van der Waals surface area contributed by atoms with Crippen LogP contribution in [0.3, 0.4) is 0 Å². The average Bonchev–Trinajstić information content (AvgIpc) is 2.60. The summed E-state index contributed by atoms with van der Waals surface area (Å²) in [6, 6.07) is 13.1. The maximum atomic E-state index is 12.5. The zero-order valence-corrected chi connectivity index (χ0v) is 14.2. The van der Waals surface area contributed by atoms with Crippen molar-refractivity contribution in [1.29, 1.82) is 5.26 Å². The third-order valence-electron chi connectivity index (χ3n) is 3.56. The van der Waals surface area contributed by atoms with Gasteiger partial charge in [-0.1, -0.05) is 6.07 Å². The largest absolute Gasteiger partial charge is 0.379 e. The van der Waals surface area contributed by atoms with Crippen molar-refractivity contribution in [3.63, 3.8) is 0 Å². The Morgan fingerprint density at radius 3 is 2.62 bits per heavy atom. The number of nitro benzene ring substituents is 1.